The molecule has 1 atom stereocenters. The van der Waals surface area contributed by atoms with E-state index >= 15 is 4.39 Å². The molecule has 0 radical (unpaired) electrons. The van der Waals surface area contributed by atoms with Crippen LogP contribution < -0.4 is 15.0 Å². The van der Waals surface area contributed by atoms with Gasteiger partial charge in [0.15, 0.2) is 5.82 Å². The van der Waals surface area contributed by atoms with E-state index in [1.165, 1.54) is 32.9 Å². The first-order valence-electron chi connectivity index (χ1n) is 15.7. The van der Waals surface area contributed by atoms with Gasteiger partial charge >= 0.3 is 6.01 Å². The molecular weight excluding hydrogens is 553 g/mol. The fourth-order valence-electron chi connectivity index (χ4n) is 5.15. The molecule has 0 aliphatic carbocycles. The van der Waals surface area contributed by atoms with Crippen LogP contribution in [0.3, 0.4) is 0 Å². The van der Waals surface area contributed by atoms with Crippen molar-refractivity contribution in [1.82, 2.24) is 25.2 Å². The molecule has 2 aromatic heterocycles. The summed E-state index contributed by atoms with van der Waals surface area (Å²) in [5, 5.41) is 13.4. The first-order valence-corrected chi connectivity index (χ1v) is 15.7. The predicted molar refractivity (Wildman–Crippen MR) is 180 cm³/mol. The van der Waals surface area contributed by atoms with Crippen LogP contribution in [-0.2, 0) is 0 Å². The summed E-state index contributed by atoms with van der Waals surface area (Å²) >= 11 is 0. The maximum absolute atomic E-state index is 16.1. The predicted octanol–water partition coefficient (Wildman–Crippen LogP) is 7.15. The van der Waals surface area contributed by atoms with Gasteiger partial charge in [0.1, 0.15) is 17.0 Å². The summed E-state index contributed by atoms with van der Waals surface area (Å²) in [6.07, 6.45) is 5.17. The summed E-state index contributed by atoms with van der Waals surface area (Å²) in [7, 11) is 2.16. The zero-order chi connectivity index (χ0) is 32.1. The average molecular weight is 602 g/mol. The summed E-state index contributed by atoms with van der Waals surface area (Å²) in [5.74, 6) is 0.225. The molecular formula is C35H48FN7O. The topological polar surface area (TPSA) is 90.2 Å². The van der Waals surface area contributed by atoms with Crippen LogP contribution in [0.15, 0.2) is 42.6 Å². The highest BCUT2D eigenvalue weighted by molar-refractivity contribution is 6.00. The van der Waals surface area contributed by atoms with E-state index in [-0.39, 0.29) is 11.5 Å². The Morgan fingerprint density at radius 3 is 2.52 bits per heavy atom. The third kappa shape index (κ3) is 8.84. The van der Waals surface area contributed by atoms with Crippen molar-refractivity contribution in [3.05, 3.63) is 54.0 Å². The Bertz CT molecular complexity index is 1530. The lowest BCUT2D eigenvalue weighted by Crippen LogP contribution is -2.49. The highest BCUT2D eigenvalue weighted by Gasteiger charge is 2.24. The van der Waals surface area contributed by atoms with Crippen molar-refractivity contribution < 1.29 is 9.13 Å². The number of aryl methyl sites for hydroxylation is 1. The number of aromatic nitrogens is 3. The lowest BCUT2D eigenvalue weighted by Gasteiger charge is -2.33. The highest BCUT2D eigenvalue weighted by Crippen LogP contribution is 2.36. The van der Waals surface area contributed by atoms with E-state index in [2.05, 4.69) is 57.9 Å². The molecule has 2 aromatic carbocycles. The number of benzene rings is 2. The zero-order valence-corrected chi connectivity index (χ0v) is 27.5. The number of fused-ring (bicyclic) bond motifs is 2. The summed E-state index contributed by atoms with van der Waals surface area (Å²) < 4.78 is 21.9. The number of anilines is 1. The van der Waals surface area contributed by atoms with Crippen LogP contribution in [0.4, 0.5) is 10.2 Å². The van der Waals surface area contributed by atoms with Gasteiger partial charge in [-0.25, -0.2) is 4.39 Å². The third-order valence-electron chi connectivity index (χ3n) is 7.55. The Kier molecular flexibility index (Phi) is 13.7. The molecule has 0 spiro atoms. The molecule has 0 bridgehead atoms. The van der Waals surface area contributed by atoms with Crippen LogP contribution in [0, 0.1) is 24.1 Å². The molecule has 4 aromatic rings. The molecule has 1 aliphatic heterocycles. The van der Waals surface area contributed by atoms with Gasteiger partial charge in [0.25, 0.3) is 0 Å². The minimum Gasteiger partial charge on any atom is -0.463 e. The van der Waals surface area contributed by atoms with Gasteiger partial charge in [-0.15, -0.1) is 0 Å². The maximum Gasteiger partial charge on any atom is 0.319 e. The fraction of sp³-hybridized carbons (Fsp3) is 0.486. The standard InChI is InChI=1S/C26H28FN5O.C7H17N.C2H3N/c1-4-13-33-26-30-24-20(25(31-26)32-12-11-28-17(3)15-32)14-29-23(22(24)27)19-10-6-9-18-8-5-7-16(2)21(18)19;1-4-6-7-8(3)5-2;1-2-3/h5-10,14,17,28H,4,11-13,15H2,1-3H3;4-7H2,1-3H3;1H3/t17-;;/m0../s1. The van der Waals surface area contributed by atoms with E-state index in [9.17, 15) is 0 Å². The molecule has 44 heavy (non-hydrogen) atoms. The van der Waals surface area contributed by atoms with Crippen molar-refractivity contribution in [3.8, 4) is 23.3 Å². The van der Waals surface area contributed by atoms with Crippen molar-refractivity contribution in [2.75, 3.05) is 51.3 Å². The number of pyridine rings is 1. The minimum absolute atomic E-state index is 0.204. The Morgan fingerprint density at radius 2 is 1.86 bits per heavy atom. The van der Waals surface area contributed by atoms with Crippen molar-refractivity contribution in [2.45, 2.75) is 66.8 Å². The van der Waals surface area contributed by atoms with E-state index in [4.69, 9.17) is 10.00 Å². The van der Waals surface area contributed by atoms with Crippen molar-refractivity contribution in [3.63, 3.8) is 0 Å². The van der Waals surface area contributed by atoms with Crippen LogP contribution >= 0.6 is 0 Å². The van der Waals surface area contributed by atoms with Crippen LogP contribution in [0.1, 0.15) is 59.4 Å². The molecule has 3 heterocycles. The number of piperazine rings is 1. The smallest absolute Gasteiger partial charge is 0.319 e. The molecule has 236 valence electrons. The van der Waals surface area contributed by atoms with Gasteiger partial charge in [0.05, 0.1) is 18.1 Å². The number of rotatable bonds is 9. The molecule has 1 saturated heterocycles. The summed E-state index contributed by atoms with van der Waals surface area (Å²) in [6, 6.07) is 14.2. The summed E-state index contributed by atoms with van der Waals surface area (Å²) in [6.45, 7) is 17.3. The number of unbranched alkanes of at least 4 members (excludes halogenated alkanes) is 1. The van der Waals surface area contributed by atoms with Gasteiger partial charge in [0, 0.05) is 44.4 Å². The van der Waals surface area contributed by atoms with Gasteiger partial charge in [-0.3, -0.25) is 4.98 Å². The SMILES string of the molecule is CC#N.CCCCN(C)CC.CCCOc1nc(N2CCN[C@@H](C)C2)c2cnc(-c3cccc4cccc(C)c34)c(F)c2n1. The summed E-state index contributed by atoms with van der Waals surface area (Å²) in [5.41, 5.74) is 2.38. The molecule has 9 heteroatoms. The quantitative estimate of drug-likeness (QED) is 0.216. The number of hydrogen-bond donors (Lipinski definition) is 1. The number of nitrogens with zero attached hydrogens (tertiary/aromatic N) is 6. The third-order valence-corrected chi connectivity index (χ3v) is 7.55. The second-order valence-electron chi connectivity index (χ2n) is 11.1. The second kappa shape index (κ2) is 17.4. The Hall–Kier alpha value is -3.87. The molecule has 1 fully saturated rings. The Labute approximate surface area is 262 Å². The second-order valence-corrected chi connectivity index (χ2v) is 11.1. The normalized spacial score (nSPS) is 14.5. The molecule has 5 rings (SSSR count). The van der Waals surface area contributed by atoms with E-state index < -0.39 is 5.82 Å². The summed E-state index contributed by atoms with van der Waals surface area (Å²) in [4.78, 5) is 18.2. The van der Waals surface area contributed by atoms with Gasteiger partial charge in [-0.2, -0.15) is 15.2 Å². The van der Waals surface area contributed by atoms with Crippen molar-refractivity contribution in [2.24, 2.45) is 0 Å². The highest BCUT2D eigenvalue weighted by atomic mass is 19.1. The number of nitriles is 1. The van der Waals surface area contributed by atoms with E-state index in [0.717, 1.165) is 48.0 Å². The monoisotopic (exact) mass is 601 g/mol. The average Bonchev–Trinajstić information content (AvgIpc) is 3.03. The Morgan fingerprint density at radius 1 is 1.14 bits per heavy atom. The number of ether oxygens (including phenoxy) is 1. The van der Waals surface area contributed by atoms with Gasteiger partial charge in [-0.05, 0) is 63.2 Å². The van der Waals surface area contributed by atoms with E-state index in [0.29, 0.717) is 29.5 Å². The number of nitrogens with one attached hydrogen (secondary N) is 1. The minimum atomic E-state index is -0.448. The fourth-order valence-corrected chi connectivity index (χ4v) is 5.15. The Balaban J connectivity index is 0.000000415. The van der Waals surface area contributed by atoms with Crippen LogP contribution in [-0.4, -0.2) is 72.3 Å². The van der Waals surface area contributed by atoms with Gasteiger partial charge < -0.3 is 19.9 Å². The largest absolute Gasteiger partial charge is 0.463 e. The van der Waals surface area contributed by atoms with Gasteiger partial charge in [-0.1, -0.05) is 63.6 Å². The molecule has 8 nitrogen and oxygen atoms in total. The van der Waals surface area contributed by atoms with E-state index in [1.54, 1.807) is 12.3 Å². The van der Waals surface area contributed by atoms with Gasteiger partial charge in [0.2, 0.25) is 0 Å². The van der Waals surface area contributed by atoms with Crippen LogP contribution in [0.2, 0.25) is 0 Å². The van der Waals surface area contributed by atoms with Crippen LogP contribution in [0.25, 0.3) is 32.9 Å². The zero-order valence-electron chi connectivity index (χ0n) is 27.5. The lowest BCUT2D eigenvalue weighted by molar-refractivity contribution is 0.293. The molecule has 0 amide bonds. The van der Waals surface area contributed by atoms with Crippen molar-refractivity contribution >= 4 is 27.5 Å². The molecule has 0 unspecified atom stereocenters. The maximum atomic E-state index is 16.1. The molecule has 1 N–H and O–H groups in total. The first kappa shape index (κ1) is 34.6. The number of hydrogen-bond acceptors (Lipinski definition) is 8. The molecule has 1 aliphatic rings. The first-order chi connectivity index (χ1) is 21.3. The molecule has 0 saturated carbocycles. The van der Waals surface area contributed by atoms with Crippen LogP contribution in [0.5, 0.6) is 6.01 Å². The lowest BCUT2D eigenvalue weighted by atomic mass is 9.97. The van der Waals surface area contributed by atoms with Crippen molar-refractivity contribution in [1.29, 1.82) is 5.26 Å². The van der Waals surface area contributed by atoms with E-state index in [1.807, 2.05) is 50.2 Å². The number of halogens is 1.